The van der Waals surface area contributed by atoms with Crippen LogP contribution in [0.15, 0.2) is 44.7 Å². The lowest BCUT2D eigenvalue weighted by Crippen LogP contribution is -2.04. The van der Waals surface area contributed by atoms with Crippen molar-refractivity contribution in [2.75, 3.05) is 0 Å². The predicted octanol–water partition coefficient (Wildman–Crippen LogP) is 4.13. The largest absolute Gasteiger partial charge is 0.384 e. The number of thioether (sulfide) groups is 1. The standard InChI is InChI=1S/C12H15BrOS/c1-7-5-11(9(3)12(7)14)8(2)6-15-10(4)13/h6,12,14H,1,4-5H2,2-3H3/b8-6+. The fraction of sp³-hybridized carbons (Fsp3) is 0.333. The molecule has 1 unspecified atom stereocenters. The van der Waals surface area contributed by atoms with Crippen LogP contribution < -0.4 is 0 Å². The fourth-order valence-electron chi connectivity index (χ4n) is 1.61. The molecule has 1 aliphatic carbocycles. The van der Waals surface area contributed by atoms with Crippen LogP contribution in [0.4, 0.5) is 0 Å². The zero-order valence-corrected chi connectivity index (χ0v) is 11.4. The number of aliphatic hydroxyl groups excluding tert-OH is 1. The zero-order chi connectivity index (χ0) is 11.6. The van der Waals surface area contributed by atoms with E-state index in [1.54, 1.807) is 11.8 Å². The fourth-order valence-corrected chi connectivity index (χ4v) is 2.34. The molecule has 0 fully saturated rings. The first-order chi connectivity index (χ1) is 6.93. The minimum Gasteiger partial charge on any atom is -0.384 e. The van der Waals surface area contributed by atoms with Gasteiger partial charge in [-0.25, -0.2) is 0 Å². The summed E-state index contributed by atoms with van der Waals surface area (Å²) in [5.74, 6) is 0. The monoisotopic (exact) mass is 286 g/mol. The smallest absolute Gasteiger partial charge is 0.0964 e. The Morgan fingerprint density at radius 3 is 2.67 bits per heavy atom. The van der Waals surface area contributed by atoms with Crippen molar-refractivity contribution in [1.29, 1.82) is 0 Å². The molecular formula is C12H15BrOS. The molecule has 0 aromatic heterocycles. The highest BCUT2D eigenvalue weighted by atomic mass is 79.9. The first-order valence-electron chi connectivity index (χ1n) is 4.67. The summed E-state index contributed by atoms with van der Waals surface area (Å²) in [6.45, 7) is 11.6. The summed E-state index contributed by atoms with van der Waals surface area (Å²) in [7, 11) is 0. The van der Waals surface area contributed by atoms with E-state index in [9.17, 15) is 5.11 Å². The maximum absolute atomic E-state index is 9.74. The Balaban J connectivity index is 2.85. The molecule has 0 aromatic carbocycles. The number of hydrogen-bond acceptors (Lipinski definition) is 2. The summed E-state index contributed by atoms with van der Waals surface area (Å²) >= 11 is 4.84. The summed E-state index contributed by atoms with van der Waals surface area (Å²) < 4.78 is 0.887. The Kier molecular flexibility index (Phi) is 4.44. The normalized spacial score (nSPS) is 22.5. The minimum absolute atomic E-state index is 0.458. The van der Waals surface area contributed by atoms with E-state index in [1.165, 1.54) is 11.1 Å². The molecule has 0 aliphatic heterocycles. The third-order valence-electron chi connectivity index (χ3n) is 2.52. The third kappa shape index (κ3) is 3.10. The molecule has 0 saturated carbocycles. The lowest BCUT2D eigenvalue weighted by atomic mass is 10.1. The van der Waals surface area contributed by atoms with Crippen molar-refractivity contribution in [1.82, 2.24) is 0 Å². The van der Waals surface area contributed by atoms with Gasteiger partial charge in [-0.3, -0.25) is 0 Å². The minimum atomic E-state index is -0.458. The lowest BCUT2D eigenvalue weighted by Gasteiger charge is -2.04. The van der Waals surface area contributed by atoms with Crippen LogP contribution in [0.2, 0.25) is 0 Å². The second-order valence-corrected chi connectivity index (χ2v) is 6.12. The molecule has 15 heavy (non-hydrogen) atoms. The number of aliphatic hydroxyl groups is 1. The quantitative estimate of drug-likeness (QED) is 0.788. The average Bonchev–Trinajstić information content (AvgIpc) is 2.42. The van der Waals surface area contributed by atoms with Crippen molar-refractivity contribution >= 4 is 27.7 Å². The maximum Gasteiger partial charge on any atom is 0.0964 e. The van der Waals surface area contributed by atoms with Crippen molar-refractivity contribution in [2.24, 2.45) is 0 Å². The highest BCUT2D eigenvalue weighted by molar-refractivity contribution is 9.14. The summed E-state index contributed by atoms with van der Waals surface area (Å²) in [6, 6.07) is 0. The predicted molar refractivity (Wildman–Crippen MR) is 71.9 cm³/mol. The number of halogens is 1. The van der Waals surface area contributed by atoms with Gasteiger partial charge in [0.15, 0.2) is 0 Å². The van der Waals surface area contributed by atoms with Crippen LogP contribution in [-0.2, 0) is 0 Å². The molecule has 1 rings (SSSR count). The van der Waals surface area contributed by atoms with Gasteiger partial charge in [0, 0.05) is 3.81 Å². The van der Waals surface area contributed by atoms with E-state index >= 15 is 0 Å². The molecule has 3 heteroatoms. The Morgan fingerprint density at radius 2 is 2.27 bits per heavy atom. The highest BCUT2D eigenvalue weighted by Crippen LogP contribution is 2.36. The Bertz CT molecular complexity index is 366. The van der Waals surface area contributed by atoms with E-state index in [0.717, 1.165) is 21.4 Å². The molecule has 0 radical (unpaired) electrons. The second-order valence-electron chi connectivity index (χ2n) is 3.67. The molecule has 0 heterocycles. The molecule has 1 atom stereocenters. The van der Waals surface area contributed by atoms with Gasteiger partial charge < -0.3 is 5.11 Å². The van der Waals surface area contributed by atoms with E-state index in [0.29, 0.717) is 0 Å². The average molecular weight is 287 g/mol. The molecule has 0 saturated heterocycles. The van der Waals surface area contributed by atoms with E-state index in [2.05, 4.69) is 29.1 Å². The third-order valence-corrected chi connectivity index (χ3v) is 3.80. The van der Waals surface area contributed by atoms with Gasteiger partial charge in [0.1, 0.15) is 0 Å². The summed E-state index contributed by atoms with van der Waals surface area (Å²) in [6.07, 6.45) is 0.325. The first-order valence-corrected chi connectivity index (χ1v) is 6.34. The van der Waals surface area contributed by atoms with Gasteiger partial charge in [0.05, 0.1) is 6.10 Å². The SMILES string of the molecule is C=C(Br)S/C=C(\C)C1=C(C)C(O)C(=C)C1. The molecular weight excluding hydrogens is 272 g/mol. The van der Waals surface area contributed by atoms with Gasteiger partial charge in [0.25, 0.3) is 0 Å². The Labute approximate surface area is 104 Å². The van der Waals surface area contributed by atoms with Crippen molar-refractivity contribution in [3.63, 3.8) is 0 Å². The molecule has 0 spiro atoms. The van der Waals surface area contributed by atoms with Gasteiger partial charge in [-0.05, 0) is 63.9 Å². The van der Waals surface area contributed by atoms with Crippen LogP contribution in [0.25, 0.3) is 0 Å². The maximum atomic E-state index is 9.74. The van der Waals surface area contributed by atoms with Crippen LogP contribution in [-0.4, -0.2) is 11.2 Å². The number of rotatable bonds is 3. The van der Waals surface area contributed by atoms with Crippen molar-refractivity contribution in [3.05, 3.63) is 44.7 Å². The van der Waals surface area contributed by atoms with Crippen molar-refractivity contribution < 1.29 is 5.11 Å². The number of hydrogen-bond donors (Lipinski definition) is 1. The van der Waals surface area contributed by atoms with Crippen molar-refractivity contribution in [2.45, 2.75) is 26.4 Å². The molecule has 1 N–H and O–H groups in total. The van der Waals surface area contributed by atoms with Crippen LogP contribution in [0.5, 0.6) is 0 Å². The van der Waals surface area contributed by atoms with Gasteiger partial charge >= 0.3 is 0 Å². The van der Waals surface area contributed by atoms with Gasteiger partial charge in [-0.1, -0.05) is 24.9 Å². The zero-order valence-electron chi connectivity index (χ0n) is 9.01. The van der Waals surface area contributed by atoms with E-state index in [4.69, 9.17) is 0 Å². The topological polar surface area (TPSA) is 20.2 Å². The highest BCUT2D eigenvalue weighted by Gasteiger charge is 2.24. The van der Waals surface area contributed by atoms with E-state index < -0.39 is 6.10 Å². The van der Waals surface area contributed by atoms with Crippen molar-refractivity contribution in [3.8, 4) is 0 Å². The molecule has 0 bridgehead atoms. The van der Waals surface area contributed by atoms with Gasteiger partial charge in [0.2, 0.25) is 0 Å². The molecule has 1 aliphatic rings. The number of allylic oxidation sites excluding steroid dienone is 2. The van der Waals surface area contributed by atoms with Crippen LogP contribution in [0.3, 0.4) is 0 Å². The summed E-state index contributed by atoms with van der Waals surface area (Å²) in [5, 5.41) is 11.8. The first kappa shape index (κ1) is 12.8. The molecule has 1 nitrogen and oxygen atoms in total. The van der Waals surface area contributed by atoms with Crippen LogP contribution >= 0.6 is 27.7 Å². The summed E-state index contributed by atoms with van der Waals surface area (Å²) in [4.78, 5) is 0. The van der Waals surface area contributed by atoms with Crippen LogP contribution in [0, 0.1) is 0 Å². The molecule has 0 aromatic rings. The Hall–Kier alpha value is -0.250. The second kappa shape index (κ2) is 5.19. The molecule has 0 amide bonds. The van der Waals surface area contributed by atoms with Gasteiger partial charge in [-0.15, -0.1) is 0 Å². The Morgan fingerprint density at radius 1 is 1.67 bits per heavy atom. The van der Waals surface area contributed by atoms with Gasteiger partial charge in [-0.2, -0.15) is 0 Å². The van der Waals surface area contributed by atoms with E-state index in [1.807, 2.05) is 19.3 Å². The molecule has 82 valence electrons. The van der Waals surface area contributed by atoms with Crippen LogP contribution in [0.1, 0.15) is 20.3 Å². The lowest BCUT2D eigenvalue weighted by molar-refractivity contribution is 0.252. The van der Waals surface area contributed by atoms with E-state index in [-0.39, 0.29) is 0 Å². The summed E-state index contributed by atoms with van der Waals surface area (Å²) in [5.41, 5.74) is 4.29.